The molecule has 6 aromatic carbocycles. The van der Waals surface area contributed by atoms with Crippen molar-refractivity contribution >= 4 is 43.1 Å². The van der Waals surface area contributed by atoms with Gasteiger partial charge in [0.1, 0.15) is 11.5 Å². The van der Waals surface area contributed by atoms with Gasteiger partial charge in [-0.3, -0.25) is 0 Å². The lowest BCUT2D eigenvalue weighted by Crippen LogP contribution is -2.01. The molecule has 0 atom stereocenters. The second-order valence-electron chi connectivity index (χ2n) is 14.2. The fraction of sp³-hybridized carbons (Fsp3) is 0.417. The van der Waals surface area contributed by atoms with Gasteiger partial charge in [0.25, 0.3) is 0 Å². The number of benzene rings is 6. The summed E-state index contributed by atoms with van der Waals surface area (Å²) in [6, 6.07) is 35.5. The Balaban J connectivity index is 1.34. The van der Waals surface area contributed by atoms with E-state index in [4.69, 9.17) is 9.47 Å². The largest absolute Gasteiger partial charge is 0.492 e. The van der Waals surface area contributed by atoms with Crippen LogP contribution in [0.3, 0.4) is 0 Å². The molecule has 0 saturated heterocycles. The van der Waals surface area contributed by atoms with Gasteiger partial charge in [-0.15, -0.1) is 0 Å². The van der Waals surface area contributed by atoms with Crippen LogP contribution in [0.2, 0.25) is 0 Å². The van der Waals surface area contributed by atoms with Crippen LogP contribution >= 0.6 is 0 Å². The molecule has 0 spiro atoms. The maximum atomic E-state index is 6.74. The zero-order valence-electron chi connectivity index (χ0n) is 30.8. The van der Waals surface area contributed by atoms with Gasteiger partial charge in [-0.2, -0.15) is 0 Å². The van der Waals surface area contributed by atoms with Crippen LogP contribution in [-0.2, 0) is 0 Å². The molecule has 0 aliphatic rings. The molecule has 0 saturated carbocycles. The molecule has 0 fully saturated rings. The molecule has 0 unspecified atom stereocenters. The third kappa shape index (κ3) is 8.45. The average molecular weight is 667 g/mol. The van der Waals surface area contributed by atoms with Gasteiger partial charge in [0.05, 0.1) is 13.2 Å². The molecule has 2 nitrogen and oxygen atoms in total. The molecule has 0 bridgehead atoms. The Hall–Kier alpha value is -4.04. The van der Waals surface area contributed by atoms with Crippen molar-refractivity contribution in [2.45, 2.75) is 117 Å². The first-order chi connectivity index (χ1) is 24.8. The summed E-state index contributed by atoms with van der Waals surface area (Å²) < 4.78 is 13.5. The molecule has 262 valence electrons. The highest BCUT2D eigenvalue weighted by molar-refractivity contribution is 6.26. The first-order valence-electron chi connectivity index (χ1n) is 20.0. The van der Waals surface area contributed by atoms with Crippen molar-refractivity contribution in [1.29, 1.82) is 0 Å². The lowest BCUT2D eigenvalue weighted by molar-refractivity contribution is 0.311. The summed E-state index contributed by atoms with van der Waals surface area (Å²) in [7, 11) is 0. The molecule has 0 aliphatic carbocycles. The Kier molecular flexibility index (Phi) is 13.5. The highest BCUT2D eigenvalue weighted by Crippen LogP contribution is 2.49. The summed E-state index contributed by atoms with van der Waals surface area (Å²) in [6.45, 7) is 6.07. The number of ether oxygens (including phenoxy) is 2. The van der Waals surface area contributed by atoms with E-state index in [1.807, 2.05) is 0 Å². The van der Waals surface area contributed by atoms with Crippen molar-refractivity contribution in [3.63, 3.8) is 0 Å². The molecule has 50 heavy (non-hydrogen) atoms. The van der Waals surface area contributed by atoms with Crippen LogP contribution < -0.4 is 9.47 Å². The van der Waals surface area contributed by atoms with Gasteiger partial charge < -0.3 is 9.47 Å². The normalized spacial score (nSPS) is 11.6. The van der Waals surface area contributed by atoms with Crippen molar-refractivity contribution < 1.29 is 9.47 Å². The van der Waals surface area contributed by atoms with Crippen LogP contribution in [-0.4, -0.2) is 13.2 Å². The molecular weight excluding hydrogens is 609 g/mol. The minimum Gasteiger partial charge on any atom is -0.492 e. The smallest absolute Gasteiger partial charge is 0.134 e. The standard InChI is InChI=1S/C48H58O2/c1-3-5-7-9-11-13-15-25-35-49-47-41-31-21-17-27-37(41)45(38-28-18-22-32-42(38)47)46-39-29-19-23-33-43(39)48(44-34-24-20-30-40(44)46)50-36-26-16-14-12-10-8-6-4-2/h17-24,27-34H,3-16,25-26,35-36H2,1-2H3. The Bertz CT molecular complexity index is 1700. The fourth-order valence-corrected chi connectivity index (χ4v) is 7.85. The molecule has 0 radical (unpaired) electrons. The Morgan fingerprint density at radius 2 is 0.540 bits per heavy atom. The Morgan fingerprint density at radius 1 is 0.300 bits per heavy atom. The van der Waals surface area contributed by atoms with E-state index in [1.54, 1.807) is 0 Å². The van der Waals surface area contributed by atoms with E-state index < -0.39 is 0 Å². The van der Waals surface area contributed by atoms with Gasteiger partial charge in [-0.05, 0) is 45.5 Å². The van der Waals surface area contributed by atoms with Crippen LogP contribution in [0.15, 0.2) is 97.1 Å². The molecule has 0 amide bonds. The Morgan fingerprint density at radius 3 is 0.820 bits per heavy atom. The summed E-state index contributed by atoms with van der Waals surface area (Å²) >= 11 is 0. The number of fused-ring (bicyclic) bond motifs is 4. The maximum Gasteiger partial charge on any atom is 0.134 e. The van der Waals surface area contributed by atoms with E-state index in [2.05, 4.69) is 111 Å². The van der Waals surface area contributed by atoms with Crippen molar-refractivity contribution in [2.24, 2.45) is 0 Å². The van der Waals surface area contributed by atoms with Gasteiger partial charge in [-0.1, -0.05) is 201 Å². The molecule has 0 aliphatic heterocycles. The van der Waals surface area contributed by atoms with E-state index in [1.165, 1.54) is 144 Å². The maximum absolute atomic E-state index is 6.74. The highest BCUT2D eigenvalue weighted by Gasteiger charge is 2.22. The lowest BCUT2D eigenvalue weighted by atomic mass is 9.85. The fourth-order valence-electron chi connectivity index (χ4n) is 7.85. The quantitative estimate of drug-likeness (QED) is 0.0562. The molecule has 0 heterocycles. The van der Waals surface area contributed by atoms with E-state index in [-0.39, 0.29) is 0 Å². The number of rotatable bonds is 21. The lowest BCUT2D eigenvalue weighted by Gasteiger charge is -2.22. The second kappa shape index (κ2) is 18.8. The highest BCUT2D eigenvalue weighted by atomic mass is 16.5. The molecule has 0 aromatic heterocycles. The second-order valence-corrected chi connectivity index (χ2v) is 14.2. The van der Waals surface area contributed by atoms with E-state index in [9.17, 15) is 0 Å². The number of unbranched alkanes of at least 4 members (excludes halogenated alkanes) is 14. The van der Waals surface area contributed by atoms with Crippen LogP contribution in [0.25, 0.3) is 54.2 Å². The topological polar surface area (TPSA) is 18.5 Å². The van der Waals surface area contributed by atoms with Crippen molar-refractivity contribution in [2.75, 3.05) is 13.2 Å². The summed E-state index contributed by atoms with van der Waals surface area (Å²) in [5.41, 5.74) is 2.55. The Labute approximate surface area is 301 Å². The van der Waals surface area contributed by atoms with Gasteiger partial charge in [-0.25, -0.2) is 0 Å². The first-order valence-corrected chi connectivity index (χ1v) is 20.0. The summed E-state index contributed by atoms with van der Waals surface area (Å²) in [6.07, 6.45) is 20.7. The molecule has 0 N–H and O–H groups in total. The van der Waals surface area contributed by atoms with E-state index in [0.717, 1.165) is 37.6 Å². The van der Waals surface area contributed by atoms with Crippen LogP contribution in [0, 0.1) is 0 Å². The summed E-state index contributed by atoms with van der Waals surface area (Å²) in [5, 5.41) is 9.68. The third-order valence-electron chi connectivity index (χ3n) is 10.5. The third-order valence-corrected chi connectivity index (χ3v) is 10.5. The molecule has 6 aromatic rings. The van der Waals surface area contributed by atoms with Crippen LogP contribution in [0.1, 0.15) is 117 Å². The van der Waals surface area contributed by atoms with E-state index in [0.29, 0.717) is 0 Å². The predicted octanol–water partition coefficient (Wildman–Crippen LogP) is 15.0. The summed E-state index contributed by atoms with van der Waals surface area (Å²) in [4.78, 5) is 0. The van der Waals surface area contributed by atoms with Gasteiger partial charge >= 0.3 is 0 Å². The molecule has 6 rings (SSSR count). The van der Waals surface area contributed by atoms with Gasteiger partial charge in [0.2, 0.25) is 0 Å². The van der Waals surface area contributed by atoms with E-state index >= 15 is 0 Å². The number of hydrogen-bond donors (Lipinski definition) is 0. The van der Waals surface area contributed by atoms with Gasteiger partial charge in [0.15, 0.2) is 0 Å². The number of hydrogen-bond acceptors (Lipinski definition) is 2. The predicted molar refractivity (Wildman–Crippen MR) is 218 cm³/mol. The summed E-state index contributed by atoms with van der Waals surface area (Å²) in [5.74, 6) is 2.03. The molecule has 2 heteroatoms. The van der Waals surface area contributed by atoms with Crippen molar-refractivity contribution in [3.8, 4) is 22.6 Å². The zero-order valence-corrected chi connectivity index (χ0v) is 30.8. The first kappa shape index (κ1) is 35.8. The molecular formula is C48H58O2. The minimum absolute atomic E-state index is 0.749. The SMILES string of the molecule is CCCCCCCCCCOc1c2ccccc2c(-c2c3ccccc3c(OCCCCCCCCCC)c3ccccc23)c2ccccc12. The van der Waals surface area contributed by atoms with Crippen LogP contribution in [0.4, 0.5) is 0 Å². The van der Waals surface area contributed by atoms with Crippen molar-refractivity contribution in [3.05, 3.63) is 97.1 Å². The average Bonchev–Trinajstić information content (AvgIpc) is 3.16. The zero-order chi connectivity index (χ0) is 34.4. The van der Waals surface area contributed by atoms with Crippen molar-refractivity contribution in [1.82, 2.24) is 0 Å². The van der Waals surface area contributed by atoms with Gasteiger partial charge in [0, 0.05) is 21.5 Å². The monoisotopic (exact) mass is 666 g/mol. The minimum atomic E-state index is 0.749. The van der Waals surface area contributed by atoms with Crippen LogP contribution in [0.5, 0.6) is 11.5 Å².